The van der Waals surface area contributed by atoms with Gasteiger partial charge in [-0.2, -0.15) is 13.2 Å². The van der Waals surface area contributed by atoms with E-state index >= 15 is 0 Å². The molecular formula is C16H17F3N2O2S. The molecule has 1 heterocycles. The van der Waals surface area contributed by atoms with Crippen molar-refractivity contribution >= 4 is 28.6 Å². The number of thioether (sulfide) groups is 1. The van der Waals surface area contributed by atoms with Gasteiger partial charge in [-0.25, -0.2) is 4.98 Å². The Labute approximate surface area is 141 Å². The van der Waals surface area contributed by atoms with Crippen molar-refractivity contribution in [1.29, 1.82) is 0 Å². The first-order valence-electron chi connectivity index (χ1n) is 7.23. The average molecular weight is 358 g/mol. The third kappa shape index (κ3) is 4.61. The molecule has 0 aliphatic heterocycles. The highest BCUT2D eigenvalue weighted by atomic mass is 32.2. The first-order valence-corrected chi connectivity index (χ1v) is 8.11. The lowest BCUT2D eigenvalue weighted by atomic mass is 10.2. The van der Waals surface area contributed by atoms with Crippen LogP contribution in [0.15, 0.2) is 35.2 Å². The zero-order chi connectivity index (χ0) is 17.7. The lowest BCUT2D eigenvalue weighted by Crippen LogP contribution is -2.33. The molecule has 0 fully saturated rings. The van der Waals surface area contributed by atoms with Crippen LogP contribution >= 0.6 is 11.8 Å². The van der Waals surface area contributed by atoms with Crippen LogP contribution in [0, 0.1) is 0 Å². The number of alkyl halides is 3. The van der Waals surface area contributed by atoms with Gasteiger partial charge in [0.25, 0.3) is 0 Å². The van der Waals surface area contributed by atoms with Crippen molar-refractivity contribution in [2.75, 3.05) is 20.3 Å². The quantitative estimate of drug-likeness (QED) is 0.634. The molecule has 8 heteroatoms. The topological polar surface area (TPSA) is 51.2 Å². The molecular weight excluding hydrogens is 341 g/mol. The largest absolute Gasteiger partial charge is 0.433 e. The van der Waals surface area contributed by atoms with Crippen molar-refractivity contribution < 1.29 is 22.7 Å². The van der Waals surface area contributed by atoms with Crippen LogP contribution in [0.25, 0.3) is 10.9 Å². The molecule has 2 aromatic rings. The number of amides is 1. The van der Waals surface area contributed by atoms with Gasteiger partial charge in [0, 0.05) is 23.9 Å². The van der Waals surface area contributed by atoms with Crippen molar-refractivity contribution in [2.45, 2.75) is 23.2 Å². The predicted octanol–water partition coefficient (Wildman–Crippen LogP) is 3.50. The first kappa shape index (κ1) is 18.5. The first-order chi connectivity index (χ1) is 11.3. The summed E-state index contributed by atoms with van der Waals surface area (Å²) in [5.41, 5.74) is -0.711. The zero-order valence-electron chi connectivity index (χ0n) is 13.2. The molecule has 0 aliphatic rings. The summed E-state index contributed by atoms with van der Waals surface area (Å²) in [5.74, 6) is -0.258. The fourth-order valence-corrected chi connectivity index (χ4v) is 3.10. The van der Waals surface area contributed by atoms with Gasteiger partial charge < -0.3 is 10.1 Å². The minimum absolute atomic E-state index is 0.252. The summed E-state index contributed by atoms with van der Waals surface area (Å²) in [7, 11) is 1.52. The molecule has 1 N–H and O–H groups in total. The van der Waals surface area contributed by atoms with Gasteiger partial charge in [0.2, 0.25) is 5.91 Å². The summed E-state index contributed by atoms with van der Waals surface area (Å²) in [5, 5.41) is 2.72. The van der Waals surface area contributed by atoms with Crippen LogP contribution in [-0.4, -0.2) is 36.4 Å². The number of fused-ring (bicyclic) bond motifs is 1. The molecule has 1 aromatic carbocycles. The van der Waals surface area contributed by atoms with Crippen molar-refractivity contribution in [3.8, 4) is 0 Å². The van der Waals surface area contributed by atoms with E-state index in [4.69, 9.17) is 4.74 Å². The second-order valence-electron chi connectivity index (χ2n) is 5.06. The van der Waals surface area contributed by atoms with E-state index in [9.17, 15) is 18.0 Å². The summed E-state index contributed by atoms with van der Waals surface area (Å²) in [6.07, 6.45) is -4.54. The van der Waals surface area contributed by atoms with Crippen molar-refractivity contribution in [2.24, 2.45) is 0 Å². The fraction of sp³-hybridized carbons (Fsp3) is 0.375. The number of ether oxygens (including phenoxy) is 1. The molecule has 130 valence electrons. The van der Waals surface area contributed by atoms with E-state index in [1.54, 1.807) is 25.1 Å². The van der Waals surface area contributed by atoms with Crippen molar-refractivity contribution in [1.82, 2.24) is 10.3 Å². The smallest absolute Gasteiger partial charge is 0.383 e. The fourth-order valence-electron chi connectivity index (χ4n) is 2.05. The SMILES string of the molecule is COCCNC(=O)[C@H](C)Sc1cc(C(F)(F)F)nc2ccccc12. The molecule has 0 saturated carbocycles. The summed E-state index contributed by atoms with van der Waals surface area (Å²) < 4.78 is 43.9. The van der Waals surface area contributed by atoms with E-state index in [0.29, 0.717) is 23.4 Å². The third-order valence-corrected chi connectivity index (χ3v) is 4.41. The number of para-hydroxylation sites is 1. The van der Waals surface area contributed by atoms with E-state index < -0.39 is 17.1 Å². The van der Waals surface area contributed by atoms with Crippen molar-refractivity contribution in [3.05, 3.63) is 36.0 Å². The highest BCUT2D eigenvalue weighted by molar-refractivity contribution is 8.00. The average Bonchev–Trinajstić information content (AvgIpc) is 2.54. The normalized spacial score (nSPS) is 13.0. The zero-order valence-corrected chi connectivity index (χ0v) is 14.0. The Hall–Kier alpha value is -1.80. The summed E-state index contributed by atoms with van der Waals surface area (Å²) in [4.78, 5) is 16.1. The van der Waals surface area contributed by atoms with Gasteiger partial charge in [0.1, 0.15) is 5.69 Å². The van der Waals surface area contributed by atoms with Crippen molar-refractivity contribution in [3.63, 3.8) is 0 Å². The van der Waals surface area contributed by atoms with Crippen LogP contribution in [0.5, 0.6) is 0 Å². The number of pyridine rings is 1. The summed E-state index contributed by atoms with van der Waals surface area (Å²) >= 11 is 1.08. The molecule has 0 radical (unpaired) electrons. The third-order valence-electron chi connectivity index (χ3n) is 3.25. The Morgan fingerprint density at radius 1 is 1.38 bits per heavy atom. The number of nitrogens with zero attached hydrogens (tertiary/aromatic N) is 1. The second kappa shape index (κ2) is 7.85. The van der Waals surface area contributed by atoms with Crippen LogP contribution < -0.4 is 5.32 Å². The minimum atomic E-state index is -4.54. The number of hydrogen-bond donors (Lipinski definition) is 1. The Morgan fingerprint density at radius 2 is 2.08 bits per heavy atom. The predicted molar refractivity (Wildman–Crippen MR) is 86.9 cm³/mol. The van der Waals surface area contributed by atoms with E-state index in [1.165, 1.54) is 13.2 Å². The monoisotopic (exact) mass is 358 g/mol. The molecule has 1 atom stereocenters. The molecule has 24 heavy (non-hydrogen) atoms. The standard InChI is InChI=1S/C16H17F3N2O2S/c1-10(15(22)20-7-8-23-2)24-13-9-14(16(17,18)19)21-12-6-4-3-5-11(12)13/h3-6,9-10H,7-8H2,1-2H3,(H,20,22)/t10-/m0/s1. The number of carbonyl (C=O) groups excluding carboxylic acids is 1. The van der Waals surface area contributed by atoms with Gasteiger partial charge in [-0.15, -0.1) is 11.8 Å². The Kier molecular flexibility index (Phi) is 6.06. The van der Waals surface area contributed by atoms with Gasteiger partial charge in [-0.3, -0.25) is 4.79 Å². The van der Waals surface area contributed by atoms with Crippen LogP contribution in [0.4, 0.5) is 13.2 Å². The molecule has 1 amide bonds. The van der Waals surface area contributed by atoms with Gasteiger partial charge >= 0.3 is 6.18 Å². The number of carbonyl (C=O) groups is 1. The number of methoxy groups -OCH3 is 1. The van der Waals surface area contributed by atoms with E-state index in [-0.39, 0.29) is 11.4 Å². The van der Waals surface area contributed by atoms with E-state index in [0.717, 1.165) is 17.8 Å². The number of aromatic nitrogens is 1. The number of benzene rings is 1. The van der Waals surface area contributed by atoms with Gasteiger partial charge in [-0.1, -0.05) is 18.2 Å². The maximum atomic E-state index is 13.0. The van der Waals surface area contributed by atoms with E-state index in [2.05, 4.69) is 10.3 Å². The number of halogens is 3. The summed E-state index contributed by atoms with van der Waals surface area (Å²) in [6, 6.07) is 7.57. The minimum Gasteiger partial charge on any atom is -0.383 e. The molecule has 1 aromatic heterocycles. The number of nitrogens with one attached hydrogen (secondary N) is 1. The molecule has 0 bridgehead atoms. The molecule has 0 aliphatic carbocycles. The molecule has 2 rings (SSSR count). The lowest BCUT2D eigenvalue weighted by Gasteiger charge is -2.15. The lowest BCUT2D eigenvalue weighted by molar-refractivity contribution is -0.141. The molecule has 0 spiro atoms. The van der Waals surface area contributed by atoms with Crippen LogP contribution in [0.3, 0.4) is 0 Å². The highest BCUT2D eigenvalue weighted by Gasteiger charge is 2.33. The van der Waals surface area contributed by atoms with Crippen LogP contribution in [-0.2, 0) is 15.7 Å². The van der Waals surface area contributed by atoms with Crippen LogP contribution in [0.1, 0.15) is 12.6 Å². The maximum absolute atomic E-state index is 13.0. The van der Waals surface area contributed by atoms with Gasteiger partial charge in [-0.05, 0) is 19.1 Å². The number of hydrogen-bond acceptors (Lipinski definition) is 4. The molecule has 0 saturated heterocycles. The summed E-state index contributed by atoms with van der Waals surface area (Å²) in [6.45, 7) is 2.37. The Bertz CT molecular complexity index is 722. The Balaban J connectivity index is 2.28. The van der Waals surface area contributed by atoms with Gasteiger partial charge in [0.05, 0.1) is 17.4 Å². The molecule has 0 unspecified atom stereocenters. The number of rotatable bonds is 6. The second-order valence-corrected chi connectivity index (χ2v) is 6.45. The Morgan fingerprint density at radius 3 is 2.75 bits per heavy atom. The maximum Gasteiger partial charge on any atom is 0.433 e. The van der Waals surface area contributed by atoms with E-state index in [1.807, 2.05) is 0 Å². The van der Waals surface area contributed by atoms with Crippen LogP contribution in [0.2, 0.25) is 0 Å². The molecule has 4 nitrogen and oxygen atoms in total. The highest BCUT2D eigenvalue weighted by Crippen LogP contribution is 2.36. The van der Waals surface area contributed by atoms with Gasteiger partial charge in [0.15, 0.2) is 0 Å².